The predicted octanol–water partition coefficient (Wildman–Crippen LogP) is -0.398. The van der Waals surface area contributed by atoms with Gasteiger partial charge in [-0.05, 0) is 5.92 Å². The molecule has 0 atom stereocenters. The number of carbonyl (C=O) groups excluding carboxylic acids is 1. The van der Waals surface area contributed by atoms with E-state index < -0.39 is 5.91 Å². The topological polar surface area (TPSA) is 76.0 Å². The van der Waals surface area contributed by atoms with E-state index in [1.807, 2.05) is 0 Å². The molecule has 4 nitrogen and oxygen atoms in total. The van der Waals surface area contributed by atoms with E-state index >= 15 is 0 Å². The van der Waals surface area contributed by atoms with Gasteiger partial charge >= 0.3 is 0 Å². The van der Waals surface area contributed by atoms with Crippen LogP contribution in [-0.4, -0.2) is 10.9 Å². The van der Waals surface area contributed by atoms with Crippen LogP contribution in [0, 0.1) is 11.8 Å². The Kier molecular flexibility index (Phi) is 2.87. The Hall–Kier alpha value is -2.02. The van der Waals surface area contributed by atoms with Gasteiger partial charge in [0.15, 0.2) is 5.43 Å². The van der Waals surface area contributed by atoms with Gasteiger partial charge in [0.1, 0.15) is 0 Å². The second-order valence-corrected chi connectivity index (χ2v) is 2.38. The van der Waals surface area contributed by atoms with Gasteiger partial charge in [0, 0.05) is 18.3 Å². The summed E-state index contributed by atoms with van der Waals surface area (Å²) in [5.41, 5.74) is 5.23. The largest absolute Gasteiger partial charge is 0.369 e. The summed E-state index contributed by atoms with van der Waals surface area (Å²) in [6.45, 7) is 0. The normalized spacial score (nSPS) is 8.62. The van der Waals surface area contributed by atoms with Gasteiger partial charge in [0.2, 0.25) is 5.91 Å². The number of hydrogen-bond donors (Lipinski definition) is 2. The van der Waals surface area contributed by atoms with E-state index in [1.165, 1.54) is 18.3 Å². The molecule has 1 aromatic heterocycles. The van der Waals surface area contributed by atoms with Crippen LogP contribution in [0.1, 0.15) is 12.1 Å². The Morgan fingerprint density at radius 3 is 3.00 bits per heavy atom. The average Bonchev–Trinajstić information content (AvgIpc) is 2.03. The highest BCUT2D eigenvalue weighted by molar-refractivity contribution is 5.76. The Labute approximate surface area is 74.8 Å². The van der Waals surface area contributed by atoms with E-state index in [0.29, 0.717) is 5.69 Å². The molecule has 0 bridgehead atoms. The summed E-state index contributed by atoms with van der Waals surface area (Å²) < 4.78 is 0. The van der Waals surface area contributed by atoms with Crippen LogP contribution < -0.4 is 11.2 Å². The van der Waals surface area contributed by atoms with Gasteiger partial charge in [0.05, 0.1) is 12.1 Å². The lowest BCUT2D eigenvalue weighted by molar-refractivity contribution is -0.117. The molecule has 0 fully saturated rings. The van der Waals surface area contributed by atoms with Crippen LogP contribution in [0.3, 0.4) is 0 Å². The molecule has 1 amide bonds. The van der Waals surface area contributed by atoms with E-state index in [9.17, 15) is 9.59 Å². The molecule has 0 unspecified atom stereocenters. The summed E-state index contributed by atoms with van der Waals surface area (Å²) in [6, 6.07) is 2.74. The molecule has 3 N–H and O–H groups in total. The molecule has 0 aromatic carbocycles. The van der Waals surface area contributed by atoms with Gasteiger partial charge in [-0.15, -0.1) is 0 Å². The first-order chi connectivity index (χ1) is 6.18. The smallest absolute Gasteiger partial charge is 0.229 e. The highest BCUT2D eigenvalue weighted by Gasteiger charge is 1.88. The molecule has 0 aliphatic carbocycles. The van der Waals surface area contributed by atoms with Crippen LogP contribution in [0.25, 0.3) is 0 Å². The van der Waals surface area contributed by atoms with Gasteiger partial charge in [-0.3, -0.25) is 9.59 Å². The van der Waals surface area contributed by atoms with Crippen molar-refractivity contribution in [3.8, 4) is 11.8 Å². The van der Waals surface area contributed by atoms with Crippen molar-refractivity contribution in [1.82, 2.24) is 4.98 Å². The Bertz CT molecular complexity index is 423. The van der Waals surface area contributed by atoms with Crippen molar-refractivity contribution in [2.45, 2.75) is 6.42 Å². The lowest BCUT2D eigenvalue weighted by atomic mass is 10.3. The molecule has 0 radical (unpaired) electrons. The third kappa shape index (κ3) is 3.25. The van der Waals surface area contributed by atoms with E-state index in [2.05, 4.69) is 16.8 Å². The third-order valence-electron chi connectivity index (χ3n) is 1.26. The fourth-order valence-electron chi connectivity index (χ4n) is 0.744. The zero-order valence-corrected chi connectivity index (χ0v) is 6.83. The molecular weight excluding hydrogens is 168 g/mol. The standard InChI is InChI=1S/C9H8N2O2/c10-9(13)3-1-2-7-6-8(12)4-5-11-7/h4-6H,3H2,(H2,10,13)(H,11,12). The minimum Gasteiger partial charge on any atom is -0.369 e. The van der Waals surface area contributed by atoms with Crippen LogP contribution in [0.15, 0.2) is 23.1 Å². The van der Waals surface area contributed by atoms with E-state index in [4.69, 9.17) is 5.73 Å². The SMILES string of the molecule is NC(=O)CC#Cc1cc(=O)cc[nH]1. The monoisotopic (exact) mass is 176 g/mol. The second kappa shape index (κ2) is 4.12. The van der Waals surface area contributed by atoms with E-state index in [1.54, 1.807) is 0 Å². The lowest BCUT2D eigenvalue weighted by Gasteiger charge is -1.86. The van der Waals surface area contributed by atoms with Crippen molar-refractivity contribution in [3.05, 3.63) is 34.2 Å². The summed E-state index contributed by atoms with van der Waals surface area (Å²) in [5, 5.41) is 0. The summed E-state index contributed by atoms with van der Waals surface area (Å²) in [5.74, 6) is 4.66. The quantitative estimate of drug-likeness (QED) is 0.571. The molecule has 0 spiro atoms. The van der Waals surface area contributed by atoms with Crippen molar-refractivity contribution in [2.24, 2.45) is 5.73 Å². The van der Waals surface area contributed by atoms with Crippen LogP contribution in [0.5, 0.6) is 0 Å². The molecule has 1 aromatic rings. The van der Waals surface area contributed by atoms with Crippen LogP contribution in [0.4, 0.5) is 0 Å². The van der Waals surface area contributed by atoms with E-state index in [-0.39, 0.29) is 11.8 Å². The minimum atomic E-state index is -0.481. The maximum absolute atomic E-state index is 10.8. The molecule has 0 aliphatic rings. The van der Waals surface area contributed by atoms with Crippen molar-refractivity contribution < 1.29 is 4.79 Å². The number of nitrogens with two attached hydrogens (primary N) is 1. The van der Waals surface area contributed by atoms with Gasteiger partial charge in [0.25, 0.3) is 0 Å². The third-order valence-corrected chi connectivity index (χ3v) is 1.26. The predicted molar refractivity (Wildman–Crippen MR) is 47.8 cm³/mol. The molecule has 1 heterocycles. The number of amides is 1. The molecule has 0 saturated carbocycles. The number of primary amides is 1. The molecule has 1 rings (SSSR count). The summed E-state index contributed by atoms with van der Waals surface area (Å²) in [6.07, 6.45) is 1.49. The number of H-pyrrole nitrogens is 1. The van der Waals surface area contributed by atoms with E-state index in [0.717, 1.165) is 0 Å². The first-order valence-corrected chi connectivity index (χ1v) is 3.64. The van der Waals surface area contributed by atoms with Crippen molar-refractivity contribution >= 4 is 5.91 Å². The maximum atomic E-state index is 10.8. The van der Waals surface area contributed by atoms with Crippen LogP contribution in [-0.2, 0) is 4.79 Å². The summed E-state index contributed by atoms with van der Waals surface area (Å²) in [4.78, 5) is 23.9. The Balaban J connectivity index is 2.78. The summed E-state index contributed by atoms with van der Waals surface area (Å²) >= 11 is 0. The Morgan fingerprint density at radius 1 is 1.62 bits per heavy atom. The number of hydrogen-bond acceptors (Lipinski definition) is 2. The van der Waals surface area contributed by atoms with Crippen molar-refractivity contribution in [3.63, 3.8) is 0 Å². The molecule has 4 heteroatoms. The lowest BCUT2D eigenvalue weighted by Crippen LogP contribution is -2.08. The first-order valence-electron chi connectivity index (χ1n) is 3.64. The van der Waals surface area contributed by atoms with Crippen LogP contribution in [0.2, 0.25) is 0 Å². The zero-order valence-electron chi connectivity index (χ0n) is 6.83. The molecule has 0 saturated heterocycles. The van der Waals surface area contributed by atoms with Crippen molar-refractivity contribution in [2.75, 3.05) is 0 Å². The minimum absolute atomic E-state index is 0.00305. The van der Waals surface area contributed by atoms with Gasteiger partial charge < -0.3 is 10.7 Å². The fraction of sp³-hybridized carbons (Fsp3) is 0.111. The first kappa shape index (κ1) is 9.07. The Morgan fingerprint density at radius 2 is 2.38 bits per heavy atom. The highest BCUT2D eigenvalue weighted by atomic mass is 16.1. The zero-order chi connectivity index (χ0) is 9.68. The number of rotatable bonds is 1. The molecule has 66 valence electrons. The number of pyridine rings is 1. The maximum Gasteiger partial charge on any atom is 0.229 e. The van der Waals surface area contributed by atoms with Crippen LogP contribution >= 0.6 is 0 Å². The van der Waals surface area contributed by atoms with Gasteiger partial charge in [-0.1, -0.05) is 5.92 Å². The number of nitrogens with one attached hydrogen (secondary N) is 1. The molecule has 0 aliphatic heterocycles. The fourth-order valence-corrected chi connectivity index (χ4v) is 0.744. The second-order valence-electron chi connectivity index (χ2n) is 2.38. The van der Waals surface area contributed by atoms with Gasteiger partial charge in [-0.2, -0.15) is 0 Å². The highest BCUT2D eigenvalue weighted by Crippen LogP contribution is 1.84. The van der Waals surface area contributed by atoms with Crippen molar-refractivity contribution in [1.29, 1.82) is 0 Å². The van der Waals surface area contributed by atoms with Gasteiger partial charge in [-0.25, -0.2) is 0 Å². The number of aromatic nitrogens is 1. The molecule has 13 heavy (non-hydrogen) atoms. The summed E-state index contributed by atoms with van der Waals surface area (Å²) in [7, 11) is 0. The molecular formula is C9H8N2O2. The number of aromatic amines is 1. The average molecular weight is 176 g/mol. The number of carbonyl (C=O) groups is 1.